The second-order valence-electron chi connectivity index (χ2n) is 16.0. The zero-order valence-corrected chi connectivity index (χ0v) is 31.9. The second kappa shape index (κ2) is 14.5. The lowest BCUT2D eigenvalue weighted by Gasteiger charge is -2.38. The monoisotopic (exact) mass is 778 g/mol. The van der Waals surface area contributed by atoms with Gasteiger partial charge in [0.2, 0.25) is 11.8 Å². The highest BCUT2D eigenvalue weighted by atomic mass is 16.2. The van der Waals surface area contributed by atoms with Crippen molar-refractivity contribution in [3.05, 3.63) is 59.0 Å². The quantitative estimate of drug-likeness (QED) is 0.263. The smallest absolute Gasteiger partial charge is 0.320 e. The maximum Gasteiger partial charge on any atom is 0.320 e. The highest BCUT2D eigenvalue weighted by molar-refractivity contribution is 6.23. The molecule has 7 amide bonds. The van der Waals surface area contributed by atoms with Crippen LogP contribution in [0.4, 0.5) is 27.7 Å². The number of rotatable bonds is 9. The lowest BCUT2D eigenvalue weighted by atomic mass is 10.0. The summed E-state index contributed by atoms with van der Waals surface area (Å²) in [5.74, 6) is -1.69. The fourth-order valence-electron chi connectivity index (χ4n) is 9.28. The molecule has 0 radical (unpaired) electrons. The summed E-state index contributed by atoms with van der Waals surface area (Å²) in [5, 5.41) is 10.4. The van der Waals surface area contributed by atoms with Crippen LogP contribution in [0.3, 0.4) is 0 Å². The molecule has 3 atom stereocenters. The molecule has 1 unspecified atom stereocenters. The second-order valence-corrected chi connectivity index (χ2v) is 16.0. The molecule has 9 rings (SSSR count). The number of pyridine rings is 1. The first kappa shape index (κ1) is 36.6. The molecule has 0 spiro atoms. The standard InChI is InChI=1S/C39H46N12O6/c1-45-11-13-49(39(45)57)25-3-2-9-47(22-25)26-16-30(34(35(40)53)41-18-26)42-32-17-27-21-46(12-14-50(27)44-32)19-23-8-10-48(20-23)24-4-5-28-29(15-24)38(56)51(37(28)55)31-6-7-33(52)43-36(31)54/h4-5,15-18,23,25,31H,2-3,6-14,19-22H2,1H3,(H2,40,53)(H,42,44)(H,43,52,54)/t23-,25-,31?/m1/s1. The topological polar surface area (TPSA) is 203 Å². The zero-order valence-electron chi connectivity index (χ0n) is 31.9. The van der Waals surface area contributed by atoms with E-state index in [1.807, 2.05) is 34.8 Å². The van der Waals surface area contributed by atoms with E-state index in [0.29, 0.717) is 37.1 Å². The van der Waals surface area contributed by atoms with Crippen molar-refractivity contribution in [3.63, 3.8) is 0 Å². The number of imide groups is 2. The van der Waals surface area contributed by atoms with Crippen molar-refractivity contribution in [2.45, 2.75) is 57.3 Å². The van der Waals surface area contributed by atoms with E-state index in [9.17, 15) is 28.8 Å². The van der Waals surface area contributed by atoms with Crippen molar-refractivity contribution >= 4 is 58.4 Å². The van der Waals surface area contributed by atoms with Crippen LogP contribution in [0.25, 0.3) is 0 Å². The van der Waals surface area contributed by atoms with Crippen LogP contribution < -0.4 is 26.2 Å². The van der Waals surface area contributed by atoms with Gasteiger partial charge >= 0.3 is 6.03 Å². The third kappa shape index (κ3) is 6.80. The normalized spacial score (nSPS) is 24.1. The van der Waals surface area contributed by atoms with Gasteiger partial charge in [0, 0.05) is 84.1 Å². The summed E-state index contributed by atoms with van der Waals surface area (Å²) in [6, 6.07) is 8.36. The summed E-state index contributed by atoms with van der Waals surface area (Å²) in [6.45, 7) is 7.67. The number of primary amides is 1. The molecule has 6 aliphatic rings. The number of fused-ring (bicyclic) bond motifs is 2. The number of amides is 7. The maximum atomic E-state index is 13.4. The van der Waals surface area contributed by atoms with Crippen LogP contribution in [0, 0.1) is 5.92 Å². The van der Waals surface area contributed by atoms with Gasteiger partial charge in [-0.25, -0.2) is 9.78 Å². The summed E-state index contributed by atoms with van der Waals surface area (Å²) >= 11 is 0. The Morgan fingerprint density at radius 2 is 1.72 bits per heavy atom. The highest BCUT2D eigenvalue weighted by Crippen LogP contribution is 2.34. The minimum atomic E-state index is -0.992. The Labute approximate surface area is 328 Å². The number of urea groups is 1. The van der Waals surface area contributed by atoms with Crippen LogP contribution in [0.5, 0.6) is 0 Å². The molecular weight excluding hydrogens is 733 g/mol. The third-order valence-electron chi connectivity index (χ3n) is 12.3. The van der Waals surface area contributed by atoms with Crippen molar-refractivity contribution in [1.82, 2.24) is 39.7 Å². The molecule has 57 heavy (non-hydrogen) atoms. The van der Waals surface area contributed by atoms with Crippen molar-refractivity contribution < 1.29 is 28.8 Å². The van der Waals surface area contributed by atoms with E-state index in [1.54, 1.807) is 23.2 Å². The molecule has 0 bridgehead atoms. The number of hydrogen-bond donors (Lipinski definition) is 3. The van der Waals surface area contributed by atoms with Gasteiger partial charge in [0.15, 0.2) is 11.5 Å². The number of nitrogens with one attached hydrogen (secondary N) is 2. The minimum absolute atomic E-state index is 0.0649. The Balaban J connectivity index is 0.827. The number of anilines is 4. The number of likely N-dealkylation sites (N-methyl/N-ethyl adjacent to an activating group) is 1. The lowest BCUT2D eigenvalue weighted by Crippen LogP contribution is -2.54. The molecule has 0 saturated carbocycles. The summed E-state index contributed by atoms with van der Waals surface area (Å²) in [5.41, 5.74) is 9.69. The molecule has 1 aromatic carbocycles. The maximum absolute atomic E-state index is 13.4. The molecule has 8 heterocycles. The van der Waals surface area contributed by atoms with Crippen LogP contribution in [0.15, 0.2) is 36.5 Å². The Kier molecular flexibility index (Phi) is 9.29. The molecular formula is C39H46N12O6. The number of hydrogen-bond acceptors (Lipinski definition) is 12. The molecule has 4 fully saturated rings. The van der Waals surface area contributed by atoms with Crippen LogP contribution in [-0.4, -0.2) is 141 Å². The summed E-state index contributed by atoms with van der Waals surface area (Å²) in [4.78, 5) is 91.9. The molecule has 0 aliphatic carbocycles. The van der Waals surface area contributed by atoms with Crippen LogP contribution in [-0.2, 0) is 22.7 Å². The summed E-state index contributed by atoms with van der Waals surface area (Å²) in [7, 11) is 1.83. The fourth-order valence-corrected chi connectivity index (χ4v) is 9.28. The molecule has 18 nitrogen and oxygen atoms in total. The molecule has 4 saturated heterocycles. The van der Waals surface area contributed by atoms with E-state index < -0.39 is 35.6 Å². The number of carbonyl (C=O) groups excluding carboxylic acids is 6. The molecule has 298 valence electrons. The molecule has 6 aliphatic heterocycles. The Morgan fingerprint density at radius 1 is 0.895 bits per heavy atom. The molecule has 4 N–H and O–H groups in total. The Hall–Kier alpha value is -6.04. The van der Waals surface area contributed by atoms with Gasteiger partial charge in [-0.2, -0.15) is 5.10 Å². The van der Waals surface area contributed by atoms with E-state index in [-0.39, 0.29) is 41.7 Å². The summed E-state index contributed by atoms with van der Waals surface area (Å²) < 4.78 is 1.99. The Bertz CT molecular complexity index is 2190. The molecule has 18 heteroatoms. The first-order valence-electron chi connectivity index (χ1n) is 19.7. The van der Waals surface area contributed by atoms with Crippen molar-refractivity contribution in [3.8, 4) is 0 Å². The van der Waals surface area contributed by atoms with E-state index in [2.05, 4.69) is 30.3 Å². The van der Waals surface area contributed by atoms with Crippen LogP contribution >= 0.6 is 0 Å². The SMILES string of the molecule is CN1CCN([C@@H]2CCCN(c3cnc(C(N)=O)c(Nc4cc5n(n4)CCN(C[C@H]4CCN(c6ccc7c(c6)C(=O)N(C6CCC(=O)NC6=O)C7=O)C4)C5)c3)C2)C1=O. The van der Waals surface area contributed by atoms with Crippen molar-refractivity contribution in [2.24, 2.45) is 11.7 Å². The van der Waals surface area contributed by atoms with Crippen LogP contribution in [0.2, 0.25) is 0 Å². The average Bonchev–Trinajstić information content (AvgIpc) is 3.97. The van der Waals surface area contributed by atoms with Gasteiger partial charge in [-0.05, 0) is 55.9 Å². The van der Waals surface area contributed by atoms with Gasteiger partial charge in [0.1, 0.15) is 6.04 Å². The number of nitrogens with two attached hydrogens (primary N) is 1. The van der Waals surface area contributed by atoms with Gasteiger partial charge < -0.3 is 30.7 Å². The van der Waals surface area contributed by atoms with E-state index in [1.165, 1.54) is 0 Å². The average molecular weight is 779 g/mol. The zero-order chi connectivity index (χ0) is 39.5. The predicted molar refractivity (Wildman–Crippen MR) is 207 cm³/mol. The fraction of sp³-hybridized carbons (Fsp3) is 0.487. The minimum Gasteiger partial charge on any atom is -0.371 e. The van der Waals surface area contributed by atoms with Gasteiger partial charge in [0.05, 0.1) is 47.0 Å². The van der Waals surface area contributed by atoms with Crippen molar-refractivity contribution in [2.75, 3.05) is 74.5 Å². The number of carbonyl (C=O) groups is 6. The first-order valence-corrected chi connectivity index (χ1v) is 19.7. The number of piperidine rings is 2. The number of aromatic nitrogens is 3. The Morgan fingerprint density at radius 3 is 2.51 bits per heavy atom. The lowest BCUT2D eigenvalue weighted by molar-refractivity contribution is -0.136. The van der Waals surface area contributed by atoms with E-state index in [4.69, 9.17) is 10.8 Å². The first-order chi connectivity index (χ1) is 27.5. The number of nitrogens with zero attached hydrogens (tertiary/aromatic N) is 9. The van der Waals surface area contributed by atoms with E-state index >= 15 is 0 Å². The third-order valence-corrected chi connectivity index (χ3v) is 12.3. The predicted octanol–water partition coefficient (Wildman–Crippen LogP) is 1.20. The number of benzene rings is 1. The van der Waals surface area contributed by atoms with Gasteiger partial charge in [-0.1, -0.05) is 0 Å². The van der Waals surface area contributed by atoms with Gasteiger partial charge in [-0.3, -0.25) is 43.8 Å². The molecule has 3 aromatic rings. The largest absolute Gasteiger partial charge is 0.371 e. The highest BCUT2D eigenvalue weighted by Gasteiger charge is 2.45. The van der Waals surface area contributed by atoms with E-state index in [0.717, 1.165) is 87.0 Å². The van der Waals surface area contributed by atoms with Gasteiger partial charge in [0.25, 0.3) is 17.7 Å². The summed E-state index contributed by atoms with van der Waals surface area (Å²) in [6.07, 6.45) is 4.72. The molecule has 2 aromatic heterocycles. The van der Waals surface area contributed by atoms with Crippen LogP contribution in [0.1, 0.15) is 69.0 Å². The van der Waals surface area contributed by atoms with Gasteiger partial charge in [-0.15, -0.1) is 0 Å². The van der Waals surface area contributed by atoms with Crippen molar-refractivity contribution in [1.29, 1.82) is 0 Å².